The number of nitrogens with zero attached hydrogens (tertiary/aromatic N) is 2. The van der Waals surface area contributed by atoms with Crippen LogP contribution in [0.1, 0.15) is 45.4 Å². The van der Waals surface area contributed by atoms with Crippen molar-refractivity contribution in [1.82, 2.24) is 4.31 Å². The highest BCUT2D eigenvalue weighted by molar-refractivity contribution is 7.89. The Hall–Kier alpha value is -0.820. The first-order chi connectivity index (χ1) is 8.90. The standard InChI is InChI=1S/C12H23N3O3S/c1-12(11(13)14-16)6-8-15(9-7-12)19(17,18)10-4-2-3-5-10/h10,16H,2-9H2,1H3,(H2,13,14). The van der Waals surface area contributed by atoms with E-state index in [2.05, 4.69) is 5.16 Å². The monoisotopic (exact) mass is 289 g/mol. The van der Waals surface area contributed by atoms with Crippen LogP contribution in [0.5, 0.6) is 0 Å². The molecule has 1 saturated carbocycles. The Morgan fingerprint density at radius 1 is 1.32 bits per heavy atom. The van der Waals surface area contributed by atoms with Crippen LogP contribution in [-0.4, -0.2) is 42.1 Å². The molecule has 1 heterocycles. The van der Waals surface area contributed by atoms with Crippen molar-refractivity contribution in [2.75, 3.05) is 13.1 Å². The fourth-order valence-electron chi connectivity index (χ4n) is 3.01. The van der Waals surface area contributed by atoms with Gasteiger partial charge in [-0.2, -0.15) is 0 Å². The molecule has 0 aromatic heterocycles. The van der Waals surface area contributed by atoms with Crippen LogP contribution >= 0.6 is 0 Å². The predicted molar refractivity (Wildman–Crippen MR) is 73.5 cm³/mol. The average molecular weight is 289 g/mol. The molecule has 1 saturated heterocycles. The molecule has 3 N–H and O–H groups in total. The summed E-state index contributed by atoms with van der Waals surface area (Å²) in [6.07, 6.45) is 4.81. The van der Waals surface area contributed by atoms with Crippen molar-refractivity contribution in [3.63, 3.8) is 0 Å². The molecule has 0 radical (unpaired) electrons. The molecule has 1 aliphatic carbocycles. The molecule has 0 unspecified atom stereocenters. The van der Waals surface area contributed by atoms with E-state index < -0.39 is 15.4 Å². The zero-order chi connectivity index (χ0) is 14.1. The van der Waals surface area contributed by atoms with Crippen molar-refractivity contribution in [2.45, 2.75) is 50.7 Å². The summed E-state index contributed by atoms with van der Waals surface area (Å²) in [6.45, 7) is 2.85. The first-order valence-corrected chi connectivity index (χ1v) is 8.37. The van der Waals surface area contributed by atoms with Gasteiger partial charge in [0, 0.05) is 18.5 Å². The maximum atomic E-state index is 12.5. The Balaban J connectivity index is 2.04. The topological polar surface area (TPSA) is 96.0 Å². The number of amidine groups is 1. The van der Waals surface area contributed by atoms with Gasteiger partial charge in [-0.15, -0.1) is 0 Å². The van der Waals surface area contributed by atoms with Gasteiger partial charge in [0.1, 0.15) is 5.84 Å². The molecule has 110 valence electrons. The first kappa shape index (κ1) is 14.6. The number of nitrogens with two attached hydrogens (primary N) is 1. The third kappa shape index (κ3) is 2.72. The molecule has 2 aliphatic rings. The maximum Gasteiger partial charge on any atom is 0.216 e. The third-order valence-electron chi connectivity index (χ3n) is 4.64. The van der Waals surface area contributed by atoms with Crippen LogP contribution in [0.3, 0.4) is 0 Å². The summed E-state index contributed by atoms with van der Waals surface area (Å²) in [7, 11) is -3.15. The van der Waals surface area contributed by atoms with Crippen LogP contribution in [0.25, 0.3) is 0 Å². The van der Waals surface area contributed by atoms with E-state index in [1.807, 2.05) is 6.92 Å². The molecule has 0 aromatic carbocycles. The third-order valence-corrected chi connectivity index (χ3v) is 7.03. The largest absolute Gasteiger partial charge is 0.409 e. The summed E-state index contributed by atoms with van der Waals surface area (Å²) >= 11 is 0. The van der Waals surface area contributed by atoms with E-state index in [1.54, 1.807) is 4.31 Å². The molecule has 6 nitrogen and oxygen atoms in total. The van der Waals surface area contributed by atoms with Crippen LogP contribution in [0.4, 0.5) is 0 Å². The Labute approximate surface area is 114 Å². The molecule has 1 aliphatic heterocycles. The summed E-state index contributed by atoms with van der Waals surface area (Å²) < 4.78 is 26.5. The minimum Gasteiger partial charge on any atom is -0.409 e. The zero-order valence-corrected chi connectivity index (χ0v) is 12.2. The highest BCUT2D eigenvalue weighted by atomic mass is 32.2. The molecule has 0 aromatic rings. The Kier molecular flexibility index (Phi) is 4.06. The first-order valence-electron chi connectivity index (χ1n) is 6.87. The van der Waals surface area contributed by atoms with Crippen LogP contribution in [-0.2, 0) is 10.0 Å². The quantitative estimate of drug-likeness (QED) is 0.352. The summed E-state index contributed by atoms with van der Waals surface area (Å²) in [4.78, 5) is 0. The lowest BCUT2D eigenvalue weighted by Crippen LogP contribution is -2.49. The van der Waals surface area contributed by atoms with Gasteiger partial charge in [0.05, 0.1) is 5.25 Å². The molecule has 2 fully saturated rings. The van der Waals surface area contributed by atoms with E-state index >= 15 is 0 Å². The van der Waals surface area contributed by atoms with Gasteiger partial charge >= 0.3 is 0 Å². The fourth-order valence-corrected chi connectivity index (χ4v) is 5.05. The second-order valence-corrected chi connectivity index (χ2v) is 8.11. The number of piperidine rings is 1. The van der Waals surface area contributed by atoms with E-state index in [9.17, 15) is 8.42 Å². The maximum absolute atomic E-state index is 12.5. The normalized spacial score (nSPS) is 26.7. The van der Waals surface area contributed by atoms with Crippen molar-refractivity contribution in [3.8, 4) is 0 Å². The van der Waals surface area contributed by atoms with Gasteiger partial charge in [0.25, 0.3) is 0 Å². The van der Waals surface area contributed by atoms with Crippen LogP contribution in [0.2, 0.25) is 0 Å². The second kappa shape index (κ2) is 5.28. The Morgan fingerprint density at radius 2 is 1.84 bits per heavy atom. The fraction of sp³-hybridized carbons (Fsp3) is 0.917. The highest BCUT2D eigenvalue weighted by Gasteiger charge is 2.40. The zero-order valence-electron chi connectivity index (χ0n) is 11.4. The molecular weight excluding hydrogens is 266 g/mol. The molecule has 0 bridgehead atoms. The minimum atomic E-state index is -3.15. The number of hydrogen-bond donors (Lipinski definition) is 2. The van der Waals surface area contributed by atoms with Crippen molar-refractivity contribution < 1.29 is 13.6 Å². The number of sulfonamides is 1. The van der Waals surface area contributed by atoms with Gasteiger partial charge in [-0.25, -0.2) is 12.7 Å². The smallest absolute Gasteiger partial charge is 0.216 e. The van der Waals surface area contributed by atoms with Gasteiger partial charge in [0.2, 0.25) is 10.0 Å². The minimum absolute atomic E-state index is 0.194. The highest BCUT2D eigenvalue weighted by Crippen LogP contribution is 2.35. The Bertz CT molecular complexity index is 447. The average Bonchev–Trinajstić information content (AvgIpc) is 2.93. The summed E-state index contributed by atoms with van der Waals surface area (Å²) in [5.41, 5.74) is 5.30. The van der Waals surface area contributed by atoms with Gasteiger partial charge in [-0.1, -0.05) is 24.9 Å². The molecule has 7 heteroatoms. The van der Waals surface area contributed by atoms with Crippen LogP contribution in [0, 0.1) is 5.41 Å². The van der Waals surface area contributed by atoms with Crippen molar-refractivity contribution >= 4 is 15.9 Å². The lowest BCUT2D eigenvalue weighted by atomic mass is 9.80. The van der Waals surface area contributed by atoms with E-state index in [-0.39, 0.29) is 11.1 Å². The van der Waals surface area contributed by atoms with E-state index in [1.165, 1.54) is 0 Å². The number of hydrogen-bond acceptors (Lipinski definition) is 4. The molecule has 0 atom stereocenters. The van der Waals surface area contributed by atoms with E-state index in [0.717, 1.165) is 25.7 Å². The number of oxime groups is 1. The van der Waals surface area contributed by atoms with Crippen molar-refractivity contribution in [2.24, 2.45) is 16.3 Å². The van der Waals surface area contributed by atoms with Gasteiger partial charge in [-0.05, 0) is 25.7 Å². The van der Waals surface area contributed by atoms with E-state index in [0.29, 0.717) is 25.9 Å². The molecule has 0 amide bonds. The predicted octanol–water partition coefficient (Wildman–Crippen LogP) is 1.11. The second-order valence-electron chi connectivity index (χ2n) is 5.90. The molecular formula is C12H23N3O3S. The van der Waals surface area contributed by atoms with Gasteiger partial charge < -0.3 is 10.9 Å². The van der Waals surface area contributed by atoms with Crippen LogP contribution in [0.15, 0.2) is 5.16 Å². The SMILES string of the molecule is CC1(C(N)=NO)CCN(S(=O)(=O)C2CCCC2)CC1. The van der Waals surface area contributed by atoms with Gasteiger partial charge in [-0.3, -0.25) is 0 Å². The van der Waals surface area contributed by atoms with Crippen molar-refractivity contribution in [1.29, 1.82) is 0 Å². The number of rotatable bonds is 3. The van der Waals surface area contributed by atoms with Crippen LogP contribution < -0.4 is 5.73 Å². The molecule has 2 rings (SSSR count). The molecule has 0 spiro atoms. The van der Waals surface area contributed by atoms with E-state index in [4.69, 9.17) is 10.9 Å². The van der Waals surface area contributed by atoms with Crippen molar-refractivity contribution in [3.05, 3.63) is 0 Å². The molecule has 19 heavy (non-hydrogen) atoms. The lowest BCUT2D eigenvalue weighted by Gasteiger charge is -2.38. The lowest BCUT2D eigenvalue weighted by molar-refractivity contribution is 0.228. The summed E-state index contributed by atoms with van der Waals surface area (Å²) in [5, 5.41) is 11.7. The summed E-state index contributed by atoms with van der Waals surface area (Å²) in [5.74, 6) is 0.199. The summed E-state index contributed by atoms with van der Waals surface area (Å²) in [6, 6.07) is 0. The Morgan fingerprint density at radius 3 is 2.32 bits per heavy atom. The van der Waals surface area contributed by atoms with Gasteiger partial charge in [0.15, 0.2) is 0 Å².